The fourth-order valence-electron chi connectivity index (χ4n) is 1.30. The van der Waals surface area contributed by atoms with Crippen LogP contribution in [0, 0.1) is 6.92 Å². The molecule has 0 bridgehead atoms. The zero-order valence-corrected chi connectivity index (χ0v) is 9.04. The number of hydrogen-bond donors (Lipinski definition) is 1. The van der Waals surface area contributed by atoms with Crippen LogP contribution in [0.5, 0.6) is 0 Å². The van der Waals surface area contributed by atoms with Crippen LogP contribution >= 0.6 is 11.3 Å². The third-order valence-electron chi connectivity index (χ3n) is 2.08. The molecule has 0 aliphatic heterocycles. The van der Waals surface area contributed by atoms with Gasteiger partial charge in [0.05, 0.1) is 10.7 Å². The Bertz CT molecular complexity index is 488. The Hall–Kier alpha value is -1.68. The molecule has 15 heavy (non-hydrogen) atoms. The first-order valence-electron chi connectivity index (χ1n) is 4.49. The number of hydrogen-bond acceptors (Lipinski definition) is 3. The van der Waals surface area contributed by atoms with Crippen LogP contribution in [0.3, 0.4) is 0 Å². The summed E-state index contributed by atoms with van der Waals surface area (Å²) in [5.41, 5.74) is 7.62. The van der Waals surface area contributed by atoms with Crippen molar-refractivity contribution in [2.45, 2.75) is 6.92 Å². The maximum Gasteiger partial charge on any atom is 0.248 e. The average molecular weight is 218 g/mol. The highest BCUT2D eigenvalue weighted by molar-refractivity contribution is 7.09. The van der Waals surface area contributed by atoms with Crippen molar-refractivity contribution in [2.24, 2.45) is 5.73 Å². The van der Waals surface area contributed by atoms with E-state index in [1.54, 1.807) is 23.5 Å². The van der Waals surface area contributed by atoms with E-state index in [9.17, 15) is 4.79 Å². The van der Waals surface area contributed by atoms with Crippen LogP contribution in [0.2, 0.25) is 0 Å². The van der Waals surface area contributed by atoms with E-state index >= 15 is 0 Å². The molecular weight excluding hydrogens is 208 g/mol. The largest absolute Gasteiger partial charge is 0.366 e. The Morgan fingerprint density at radius 1 is 1.33 bits per heavy atom. The molecule has 2 aromatic rings. The van der Waals surface area contributed by atoms with Crippen LogP contribution in [0.15, 0.2) is 29.6 Å². The molecule has 0 fully saturated rings. The summed E-state index contributed by atoms with van der Waals surface area (Å²) in [5, 5.41) is 3.03. The lowest BCUT2D eigenvalue weighted by atomic mass is 10.1. The third kappa shape index (κ3) is 2.05. The molecule has 1 aromatic heterocycles. The van der Waals surface area contributed by atoms with Crippen molar-refractivity contribution >= 4 is 17.2 Å². The van der Waals surface area contributed by atoms with Crippen molar-refractivity contribution < 1.29 is 4.79 Å². The van der Waals surface area contributed by atoms with Crippen molar-refractivity contribution in [1.82, 2.24) is 4.98 Å². The molecule has 0 saturated carbocycles. The van der Waals surface area contributed by atoms with Crippen LogP contribution in [0.4, 0.5) is 0 Å². The van der Waals surface area contributed by atoms with Gasteiger partial charge in [-0.25, -0.2) is 4.98 Å². The average Bonchev–Trinajstić information content (AvgIpc) is 2.65. The lowest BCUT2D eigenvalue weighted by Gasteiger charge is -1.98. The Morgan fingerprint density at radius 3 is 2.47 bits per heavy atom. The number of benzene rings is 1. The molecule has 0 saturated heterocycles. The molecule has 0 spiro atoms. The molecule has 1 amide bonds. The lowest BCUT2D eigenvalue weighted by molar-refractivity contribution is 0.100. The molecule has 1 heterocycles. The summed E-state index contributed by atoms with van der Waals surface area (Å²) in [5.74, 6) is -0.406. The summed E-state index contributed by atoms with van der Waals surface area (Å²) in [6, 6.07) is 7.14. The summed E-state index contributed by atoms with van der Waals surface area (Å²) in [6.07, 6.45) is 0. The first kappa shape index (κ1) is 9.86. The van der Waals surface area contributed by atoms with Gasteiger partial charge in [-0.2, -0.15) is 0 Å². The molecule has 1 aromatic carbocycles. The van der Waals surface area contributed by atoms with Gasteiger partial charge >= 0.3 is 0 Å². The van der Waals surface area contributed by atoms with Gasteiger partial charge in [0.15, 0.2) is 0 Å². The summed E-state index contributed by atoms with van der Waals surface area (Å²) in [4.78, 5) is 15.2. The van der Waals surface area contributed by atoms with Crippen LogP contribution < -0.4 is 5.73 Å². The summed E-state index contributed by atoms with van der Waals surface area (Å²) >= 11 is 1.61. The molecule has 0 aliphatic carbocycles. The number of carbonyl (C=O) groups is 1. The number of amides is 1. The lowest BCUT2D eigenvalue weighted by Crippen LogP contribution is -2.10. The molecule has 0 aliphatic rings. The van der Waals surface area contributed by atoms with Crippen LogP contribution in [-0.4, -0.2) is 10.9 Å². The van der Waals surface area contributed by atoms with Gasteiger partial charge < -0.3 is 5.73 Å². The Morgan fingerprint density at radius 2 is 2.00 bits per heavy atom. The Labute approximate surface area is 91.6 Å². The minimum absolute atomic E-state index is 0.406. The van der Waals surface area contributed by atoms with E-state index in [0.717, 1.165) is 16.3 Å². The first-order chi connectivity index (χ1) is 7.16. The molecule has 3 nitrogen and oxygen atoms in total. The number of nitrogens with zero attached hydrogens (tertiary/aromatic N) is 1. The van der Waals surface area contributed by atoms with Crippen molar-refractivity contribution in [3.05, 3.63) is 40.2 Å². The fraction of sp³-hybridized carbons (Fsp3) is 0.0909. The van der Waals surface area contributed by atoms with Gasteiger partial charge in [0.1, 0.15) is 0 Å². The van der Waals surface area contributed by atoms with Crippen molar-refractivity contribution in [3.8, 4) is 11.3 Å². The van der Waals surface area contributed by atoms with Gasteiger partial charge in [0.25, 0.3) is 0 Å². The van der Waals surface area contributed by atoms with Crippen molar-refractivity contribution in [1.29, 1.82) is 0 Å². The van der Waals surface area contributed by atoms with Crippen LogP contribution in [-0.2, 0) is 0 Å². The van der Waals surface area contributed by atoms with Gasteiger partial charge in [-0.05, 0) is 19.1 Å². The third-order valence-corrected chi connectivity index (χ3v) is 2.86. The summed E-state index contributed by atoms with van der Waals surface area (Å²) in [7, 11) is 0. The molecule has 76 valence electrons. The van der Waals surface area contributed by atoms with Gasteiger partial charge in [-0.3, -0.25) is 4.79 Å². The number of rotatable bonds is 2. The first-order valence-corrected chi connectivity index (χ1v) is 5.37. The number of aryl methyl sites for hydroxylation is 1. The molecule has 0 radical (unpaired) electrons. The van der Waals surface area contributed by atoms with E-state index in [0.29, 0.717) is 5.56 Å². The Kier molecular flexibility index (Phi) is 2.51. The maximum atomic E-state index is 10.9. The number of nitrogens with two attached hydrogens (primary N) is 1. The topological polar surface area (TPSA) is 56.0 Å². The van der Waals surface area contributed by atoms with Crippen LogP contribution in [0.1, 0.15) is 15.4 Å². The SMILES string of the molecule is Cc1nc(-c2ccc(C(N)=O)cc2)cs1. The van der Waals surface area contributed by atoms with Crippen molar-refractivity contribution in [2.75, 3.05) is 0 Å². The highest BCUT2D eigenvalue weighted by Gasteiger charge is 2.03. The smallest absolute Gasteiger partial charge is 0.248 e. The minimum atomic E-state index is -0.406. The molecule has 2 rings (SSSR count). The highest BCUT2D eigenvalue weighted by atomic mass is 32.1. The quantitative estimate of drug-likeness (QED) is 0.840. The predicted molar refractivity (Wildman–Crippen MR) is 60.8 cm³/mol. The molecular formula is C11H10N2OS. The predicted octanol–water partition coefficient (Wildman–Crippen LogP) is 2.22. The molecule has 4 heteroatoms. The number of primary amides is 1. The fourth-order valence-corrected chi connectivity index (χ4v) is 1.92. The van der Waals surface area contributed by atoms with Gasteiger partial charge in [0, 0.05) is 16.5 Å². The standard InChI is InChI=1S/C11H10N2OS/c1-7-13-10(6-15-7)8-2-4-9(5-3-8)11(12)14/h2-6H,1H3,(H2,12,14). The maximum absolute atomic E-state index is 10.9. The van der Waals surface area contributed by atoms with E-state index < -0.39 is 5.91 Å². The van der Waals surface area contributed by atoms with E-state index in [2.05, 4.69) is 4.98 Å². The van der Waals surface area contributed by atoms with E-state index in [4.69, 9.17) is 5.73 Å². The van der Waals surface area contributed by atoms with Gasteiger partial charge in [0.2, 0.25) is 5.91 Å². The highest BCUT2D eigenvalue weighted by Crippen LogP contribution is 2.21. The number of thiazole rings is 1. The molecule has 0 atom stereocenters. The van der Waals surface area contributed by atoms with Gasteiger partial charge in [-0.15, -0.1) is 11.3 Å². The van der Waals surface area contributed by atoms with E-state index in [-0.39, 0.29) is 0 Å². The molecule has 0 unspecified atom stereocenters. The van der Waals surface area contributed by atoms with Gasteiger partial charge in [-0.1, -0.05) is 12.1 Å². The normalized spacial score (nSPS) is 10.2. The second-order valence-corrected chi connectivity index (χ2v) is 4.26. The van der Waals surface area contributed by atoms with E-state index in [1.807, 2.05) is 24.4 Å². The zero-order valence-electron chi connectivity index (χ0n) is 8.23. The second-order valence-electron chi connectivity index (χ2n) is 3.19. The Balaban J connectivity index is 2.35. The van der Waals surface area contributed by atoms with E-state index in [1.165, 1.54) is 0 Å². The monoisotopic (exact) mass is 218 g/mol. The number of aromatic nitrogens is 1. The zero-order chi connectivity index (χ0) is 10.8. The summed E-state index contributed by atoms with van der Waals surface area (Å²) in [6.45, 7) is 1.96. The molecule has 2 N–H and O–H groups in total. The second kappa shape index (κ2) is 3.82. The van der Waals surface area contributed by atoms with Crippen molar-refractivity contribution in [3.63, 3.8) is 0 Å². The van der Waals surface area contributed by atoms with Crippen LogP contribution in [0.25, 0.3) is 11.3 Å². The number of carbonyl (C=O) groups excluding carboxylic acids is 1. The summed E-state index contributed by atoms with van der Waals surface area (Å²) < 4.78 is 0. The minimum Gasteiger partial charge on any atom is -0.366 e.